The summed E-state index contributed by atoms with van der Waals surface area (Å²) in [5.74, 6) is -0.935. The van der Waals surface area contributed by atoms with Gasteiger partial charge in [0.2, 0.25) is 23.0 Å². The van der Waals surface area contributed by atoms with Gasteiger partial charge in [-0.2, -0.15) is 13.4 Å². The molecule has 0 saturated heterocycles. The minimum atomic E-state index is -4.13. The van der Waals surface area contributed by atoms with Crippen LogP contribution in [0.2, 0.25) is 0 Å². The van der Waals surface area contributed by atoms with E-state index in [2.05, 4.69) is 30.2 Å². The van der Waals surface area contributed by atoms with Crippen molar-refractivity contribution in [1.29, 1.82) is 0 Å². The monoisotopic (exact) mass is 486 g/mol. The molecule has 0 aliphatic heterocycles. The summed E-state index contributed by atoms with van der Waals surface area (Å²) in [5.41, 5.74) is 14.6. The van der Waals surface area contributed by atoms with Crippen LogP contribution in [0, 0.1) is 13.8 Å². The molecule has 11 nitrogen and oxygen atoms in total. The van der Waals surface area contributed by atoms with Gasteiger partial charge in [-0.25, -0.2) is 0 Å². The van der Waals surface area contributed by atoms with E-state index in [1.54, 1.807) is 6.92 Å². The van der Waals surface area contributed by atoms with Gasteiger partial charge in [-0.1, -0.05) is 41.2 Å². The minimum absolute atomic E-state index is 0.0961. The van der Waals surface area contributed by atoms with Crippen molar-refractivity contribution in [2.24, 2.45) is 20.9 Å². The second-order valence-electron chi connectivity index (χ2n) is 6.99. The van der Waals surface area contributed by atoms with Crippen LogP contribution in [-0.2, 0) is 14.8 Å². The number of nitrogens with two attached hydrogens (primary N) is 2. The number of hydrogen-bond donors (Lipinski definition) is 4. The van der Waals surface area contributed by atoms with Crippen molar-refractivity contribution < 1.29 is 13.2 Å². The van der Waals surface area contributed by atoms with Gasteiger partial charge in [0.05, 0.1) is 4.90 Å². The number of guanidine groups is 2. The number of amides is 1. The van der Waals surface area contributed by atoms with Crippen molar-refractivity contribution in [3.05, 3.63) is 53.6 Å². The number of benzene rings is 2. The Morgan fingerprint density at radius 3 is 2.36 bits per heavy atom. The zero-order valence-electron chi connectivity index (χ0n) is 18.0. The quantitative estimate of drug-likeness (QED) is 0.312. The molecule has 0 fully saturated rings. The number of aliphatic imine (C=N–C) groups is 1. The molecule has 1 heterocycles. The molecule has 0 saturated carbocycles. The molecule has 13 heteroatoms. The molecule has 172 valence electrons. The lowest BCUT2D eigenvalue weighted by molar-refractivity contribution is -0.114. The van der Waals surface area contributed by atoms with Crippen molar-refractivity contribution in [3.8, 4) is 10.6 Å². The Morgan fingerprint density at radius 1 is 1.03 bits per heavy atom. The lowest BCUT2D eigenvalue weighted by Gasteiger charge is -2.08. The molecule has 0 spiro atoms. The van der Waals surface area contributed by atoms with E-state index < -0.39 is 16.0 Å². The van der Waals surface area contributed by atoms with Gasteiger partial charge in [-0.15, -0.1) is 14.6 Å². The third-order valence-electron chi connectivity index (χ3n) is 4.21. The van der Waals surface area contributed by atoms with E-state index in [1.807, 2.05) is 31.2 Å². The number of aryl methyl sites for hydroxylation is 2. The van der Waals surface area contributed by atoms with Gasteiger partial charge in [0.25, 0.3) is 10.0 Å². The Labute approximate surface area is 194 Å². The number of nitrogens with zero attached hydrogens (tertiary/aromatic N) is 4. The Bertz CT molecular complexity index is 1350. The van der Waals surface area contributed by atoms with E-state index >= 15 is 0 Å². The van der Waals surface area contributed by atoms with Crippen molar-refractivity contribution in [1.82, 2.24) is 15.5 Å². The van der Waals surface area contributed by atoms with E-state index in [0.29, 0.717) is 16.3 Å². The molecule has 0 unspecified atom stereocenters. The van der Waals surface area contributed by atoms with Crippen LogP contribution in [-0.4, -0.2) is 36.4 Å². The Hall–Kier alpha value is -3.84. The van der Waals surface area contributed by atoms with Gasteiger partial charge in [0, 0.05) is 18.2 Å². The fraction of sp³-hybridized carbons (Fsp3) is 0.150. The summed E-state index contributed by atoms with van der Waals surface area (Å²) in [6.45, 7) is 5.01. The summed E-state index contributed by atoms with van der Waals surface area (Å²) < 4.78 is 28.6. The lowest BCUT2D eigenvalue weighted by atomic mass is 10.2. The molecule has 2 aromatic carbocycles. The van der Waals surface area contributed by atoms with Crippen LogP contribution in [0.4, 0.5) is 10.8 Å². The minimum Gasteiger partial charge on any atom is -0.369 e. The molecular formula is C20H22N8O3S2. The van der Waals surface area contributed by atoms with Gasteiger partial charge >= 0.3 is 0 Å². The van der Waals surface area contributed by atoms with E-state index in [1.165, 1.54) is 36.5 Å². The third kappa shape index (κ3) is 6.33. The molecular weight excluding hydrogens is 464 g/mol. The highest BCUT2D eigenvalue weighted by molar-refractivity contribution is 7.90. The number of hydrogen-bond acceptors (Lipinski definition) is 7. The predicted octanol–water partition coefficient (Wildman–Crippen LogP) is 2.02. The first-order valence-electron chi connectivity index (χ1n) is 9.54. The molecule has 0 radical (unpaired) electrons. The maximum Gasteiger partial charge on any atom is 0.285 e. The molecule has 3 rings (SSSR count). The first-order valence-corrected chi connectivity index (χ1v) is 11.8. The van der Waals surface area contributed by atoms with Crippen LogP contribution in [0.15, 0.2) is 56.8 Å². The van der Waals surface area contributed by atoms with Crippen molar-refractivity contribution in [2.45, 2.75) is 25.7 Å². The third-order valence-corrected chi connectivity index (χ3v) is 6.36. The summed E-state index contributed by atoms with van der Waals surface area (Å²) >= 11 is 1.21. The predicted molar refractivity (Wildman–Crippen MR) is 129 cm³/mol. The maximum atomic E-state index is 12.6. The van der Waals surface area contributed by atoms with Crippen molar-refractivity contribution in [2.75, 3.05) is 5.32 Å². The second kappa shape index (κ2) is 9.75. The average molecular weight is 487 g/mol. The largest absolute Gasteiger partial charge is 0.369 e. The second-order valence-corrected chi connectivity index (χ2v) is 9.55. The fourth-order valence-corrected chi connectivity index (χ4v) is 4.38. The van der Waals surface area contributed by atoms with E-state index in [9.17, 15) is 13.2 Å². The molecule has 6 N–H and O–H groups in total. The zero-order valence-corrected chi connectivity index (χ0v) is 19.7. The van der Waals surface area contributed by atoms with Crippen molar-refractivity contribution >= 4 is 50.0 Å². The van der Waals surface area contributed by atoms with Gasteiger partial charge in [0.1, 0.15) is 5.01 Å². The van der Waals surface area contributed by atoms with Crippen LogP contribution >= 0.6 is 11.3 Å². The summed E-state index contributed by atoms with van der Waals surface area (Å²) in [7, 11) is -4.13. The van der Waals surface area contributed by atoms with Gasteiger partial charge in [-0.3, -0.25) is 10.1 Å². The number of nitrogens with one attached hydrogen (secondary N) is 2. The molecule has 1 amide bonds. The van der Waals surface area contributed by atoms with Crippen LogP contribution < -0.4 is 22.1 Å². The molecule has 33 heavy (non-hydrogen) atoms. The van der Waals surface area contributed by atoms with E-state index in [-0.39, 0.29) is 21.9 Å². The highest BCUT2D eigenvalue weighted by Crippen LogP contribution is 2.28. The topological polar surface area (TPSA) is 178 Å². The molecule has 0 aliphatic rings. The van der Waals surface area contributed by atoms with Gasteiger partial charge in [0.15, 0.2) is 0 Å². The van der Waals surface area contributed by atoms with Crippen molar-refractivity contribution in [3.63, 3.8) is 0 Å². The Kier molecular flexibility index (Phi) is 7.04. The molecule has 1 aromatic heterocycles. The van der Waals surface area contributed by atoms with Gasteiger partial charge in [-0.05, 0) is 37.6 Å². The van der Waals surface area contributed by atoms with Crippen LogP contribution in [0.1, 0.15) is 18.1 Å². The average Bonchev–Trinajstić information content (AvgIpc) is 3.17. The first-order chi connectivity index (χ1) is 15.5. The first kappa shape index (κ1) is 23.8. The van der Waals surface area contributed by atoms with Gasteiger partial charge < -0.3 is 16.8 Å². The van der Waals surface area contributed by atoms with Crippen LogP contribution in [0.25, 0.3) is 10.6 Å². The normalized spacial score (nSPS) is 12.5. The lowest BCUT2D eigenvalue weighted by Crippen LogP contribution is -2.41. The zero-order chi connectivity index (χ0) is 24.2. The molecule has 3 aromatic rings. The van der Waals surface area contributed by atoms with Crippen LogP contribution in [0.5, 0.6) is 0 Å². The number of rotatable bonds is 5. The number of carbonyl (C=O) groups is 1. The van der Waals surface area contributed by atoms with E-state index in [0.717, 1.165) is 11.1 Å². The highest BCUT2D eigenvalue weighted by atomic mass is 32.2. The highest BCUT2D eigenvalue weighted by Gasteiger charge is 2.16. The van der Waals surface area contributed by atoms with Crippen LogP contribution in [0.3, 0.4) is 0 Å². The molecule has 0 aliphatic carbocycles. The van der Waals surface area contributed by atoms with E-state index in [4.69, 9.17) is 11.5 Å². The standard InChI is InChI=1S/C20H22N8O3S2/c1-11-4-6-14(7-5-11)17-26-27-20(32-17)25-18(21)24-19(22)28-33(30,31)15-8-9-16(12(2)10-15)23-13(3)29/h4-10H,1-3H3,(H,23,29)(H5,21,22,24,25,27,28). The summed E-state index contributed by atoms with van der Waals surface area (Å²) in [6.07, 6.45) is 0. The fourth-order valence-electron chi connectivity index (χ4n) is 2.67. The number of anilines is 1. The summed E-state index contributed by atoms with van der Waals surface area (Å²) in [6, 6.07) is 11.9. The number of carbonyl (C=O) groups excluding carboxylic acids is 1. The molecule has 0 atom stereocenters. The number of sulfonamides is 1. The Morgan fingerprint density at radius 2 is 1.73 bits per heavy atom. The maximum absolute atomic E-state index is 12.6. The summed E-state index contributed by atoms with van der Waals surface area (Å²) in [5, 5.41) is 14.0. The number of aromatic nitrogens is 2. The summed E-state index contributed by atoms with van der Waals surface area (Å²) in [4.78, 5) is 15.2. The smallest absolute Gasteiger partial charge is 0.285 e. The SMILES string of the molecule is CC(=O)Nc1ccc(S(=O)(=O)/N=C(\N)N/C(N)=N/c2nnc(-c3ccc(C)cc3)s2)cc1C. The Balaban J connectivity index is 1.73. The molecule has 0 bridgehead atoms.